The molecule has 4 heteroatoms. The molecule has 2 rings (SSSR count). The fraction of sp³-hybridized carbons (Fsp3) is 0.500. The maximum atomic E-state index is 11.8. The number of ether oxygens (including phenoxy) is 1. The summed E-state index contributed by atoms with van der Waals surface area (Å²) in [5, 5.41) is 10.2. The van der Waals surface area contributed by atoms with E-state index in [-0.39, 0.29) is 0 Å². The average molecular weight is 269 g/mol. The summed E-state index contributed by atoms with van der Waals surface area (Å²) in [6.45, 7) is 1.86. The molecule has 18 heavy (non-hydrogen) atoms. The number of halogens is 1. The first-order chi connectivity index (χ1) is 8.53. The van der Waals surface area contributed by atoms with Gasteiger partial charge in [-0.15, -0.1) is 0 Å². The summed E-state index contributed by atoms with van der Waals surface area (Å²) in [6, 6.07) is 3.51. The number of aliphatic carboxylic acids is 1. The quantitative estimate of drug-likeness (QED) is 0.912. The Hall–Kier alpha value is -1.22. The molecule has 0 aliphatic heterocycles. The third kappa shape index (κ3) is 1.87. The van der Waals surface area contributed by atoms with Crippen molar-refractivity contribution in [2.45, 2.75) is 38.0 Å². The molecule has 1 aromatic rings. The van der Waals surface area contributed by atoms with Gasteiger partial charge in [0.05, 0.1) is 12.5 Å². The van der Waals surface area contributed by atoms with Gasteiger partial charge >= 0.3 is 5.97 Å². The lowest BCUT2D eigenvalue weighted by Gasteiger charge is -2.28. The van der Waals surface area contributed by atoms with Crippen molar-refractivity contribution in [3.8, 4) is 5.75 Å². The van der Waals surface area contributed by atoms with Crippen molar-refractivity contribution in [2.24, 2.45) is 0 Å². The molecule has 98 valence electrons. The molecule has 0 heterocycles. The van der Waals surface area contributed by atoms with Crippen molar-refractivity contribution in [3.05, 3.63) is 28.3 Å². The number of carboxylic acids is 1. The molecule has 0 bridgehead atoms. The van der Waals surface area contributed by atoms with E-state index in [2.05, 4.69) is 0 Å². The molecule has 0 atom stereocenters. The first-order valence-corrected chi connectivity index (χ1v) is 6.47. The molecule has 0 radical (unpaired) electrons. The van der Waals surface area contributed by atoms with Gasteiger partial charge in [-0.05, 0) is 37.5 Å². The Morgan fingerprint density at radius 1 is 1.39 bits per heavy atom. The van der Waals surface area contributed by atoms with Crippen LogP contribution in [0, 0.1) is 6.92 Å². The van der Waals surface area contributed by atoms with Crippen LogP contribution in [0.5, 0.6) is 5.75 Å². The standard InChI is InChI=1S/C14H17ClO3/c1-9-10(15)5-6-11(18-2)12(9)14(13(16)17)7-3-4-8-14/h5-6H,3-4,7-8H2,1-2H3,(H,16,17). The van der Waals surface area contributed by atoms with Crippen molar-refractivity contribution in [2.75, 3.05) is 7.11 Å². The van der Waals surface area contributed by atoms with Crippen LogP contribution in [-0.4, -0.2) is 18.2 Å². The second kappa shape index (κ2) is 4.81. The molecule has 0 amide bonds. The smallest absolute Gasteiger partial charge is 0.314 e. The third-order valence-electron chi connectivity index (χ3n) is 3.93. The number of hydrogen-bond donors (Lipinski definition) is 1. The minimum absolute atomic E-state index is 0.596. The predicted octanol–water partition coefficient (Wildman–Crippen LogP) is 3.55. The number of carbonyl (C=O) groups is 1. The van der Waals surface area contributed by atoms with E-state index in [0.717, 1.165) is 24.0 Å². The summed E-state index contributed by atoms with van der Waals surface area (Å²) in [6.07, 6.45) is 3.17. The fourth-order valence-corrected chi connectivity index (χ4v) is 3.13. The summed E-state index contributed by atoms with van der Waals surface area (Å²) in [4.78, 5) is 11.8. The van der Waals surface area contributed by atoms with Gasteiger partial charge in [-0.1, -0.05) is 24.4 Å². The van der Waals surface area contributed by atoms with E-state index < -0.39 is 11.4 Å². The van der Waals surface area contributed by atoms with Gasteiger partial charge < -0.3 is 9.84 Å². The second-order valence-corrected chi connectivity index (χ2v) is 5.25. The van der Waals surface area contributed by atoms with E-state index in [1.807, 2.05) is 6.92 Å². The van der Waals surface area contributed by atoms with Gasteiger partial charge in [0.25, 0.3) is 0 Å². The van der Waals surface area contributed by atoms with Crippen molar-refractivity contribution in [1.29, 1.82) is 0 Å². The molecule has 0 unspecified atom stereocenters. The lowest BCUT2D eigenvalue weighted by molar-refractivity contribution is -0.143. The van der Waals surface area contributed by atoms with Crippen molar-refractivity contribution in [1.82, 2.24) is 0 Å². The highest BCUT2D eigenvalue weighted by atomic mass is 35.5. The Kier molecular flexibility index (Phi) is 3.53. The predicted molar refractivity (Wildman–Crippen MR) is 70.5 cm³/mol. The van der Waals surface area contributed by atoms with Gasteiger partial charge in [-0.2, -0.15) is 0 Å². The van der Waals surface area contributed by atoms with Gasteiger partial charge in [0.2, 0.25) is 0 Å². The summed E-state index contributed by atoms with van der Waals surface area (Å²) in [5.41, 5.74) is 0.739. The van der Waals surface area contributed by atoms with Gasteiger partial charge in [0.1, 0.15) is 5.75 Å². The first kappa shape index (κ1) is 13.2. The SMILES string of the molecule is COc1ccc(Cl)c(C)c1C1(C(=O)O)CCCC1. The maximum Gasteiger partial charge on any atom is 0.314 e. The second-order valence-electron chi connectivity index (χ2n) is 4.84. The Morgan fingerprint density at radius 2 is 2.00 bits per heavy atom. The van der Waals surface area contributed by atoms with Crippen LogP contribution < -0.4 is 4.74 Å². The van der Waals surface area contributed by atoms with Crippen LogP contribution >= 0.6 is 11.6 Å². The Labute approximate surface area is 112 Å². The van der Waals surface area contributed by atoms with Crippen LogP contribution in [0.4, 0.5) is 0 Å². The van der Waals surface area contributed by atoms with Crippen LogP contribution in [0.25, 0.3) is 0 Å². The maximum absolute atomic E-state index is 11.8. The molecule has 1 N–H and O–H groups in total. The molecule has 1 aliphatic carbocycles. The van der Waals surface area contributed by atoms with Gasteiger partial charge in [-0.3, -0.25) is 4.79 Å². The zero-order chi connectivity index (χ0) is 13.3. The lowest BCUT2D eigenvalue weighted by atomic mass is 9.76. The fourth-order valence-electron chi connectivity index (χ4n) is 2.98. The summed E-state index contributed by atoms with van der Waals surface area (Å²) in [7, 11) is 1.57. The van der Waals surface area contributed by atoms with Crippen molar-refractivity contribution >= 4 is 17.6 Å². The van der Waals surface area contributed by atoms with Crippen LogP contribution in [0.3, 0.4) is 0 Å². The monoisotopic (exact) mass is 268 g/mol. The van der Waals surface area contributed by atoms with E-state index in [1.54, 1.807) is 19.2 Å². The molecular weight excluding hydrogens is 252 g/mol. The molecule has 1 aromatic carbocycles. The zero-order valence-corrected chi connectivity index (χ0v) is 11.4. The van der Waals surface area contributed by atoms with Gasteiger partial charge in [0, 0.05) is 10.6 Å². The van der Waals surface area contributed by atoms with Gasteiger partial charge in [0.15, 0.2) is 0 Å². The summed E-state index contributed by atoms with van der Waals surface area (Å²) in [5.74, 6) is -0.148. The average Bonchev–Trinajstić information content (AvgIpc) is 2.82. The molecule has 3 nitrogen and oxygen atoms in total. The van der Waals surface area contributed by atoms with Crippen LogP contribution in [-0.2, 0) is 10.2 Å². The third-order valence-corrected chi connectivity index (χ3v) is 4.34. The minimum Gasteiger partial charge on any atom is -0.496 e. The number of carboxylic acid groups (broad SMARTS) is 1. The number of benzene rings is 1. The Bertz CT molecular complexity index is 476. The lowest BCUT2D eigenvalue weighted by Crippen LogP contribution is -2.34. The van der Waals surface area contributed by atoms with E-state index in [4.69, 9.17) is 16.3 Å². The highest BCUT2D eigenvalue weighted by Gasteiger charge is 2.46. The van der Waals surface area contributed by atoms with Crippen LogP contribution in [0.15, 0.2) is 12.1 Å². The summed E-state index contributed by atoms with van der Waals surface area (Å²) < 4.78 is 5.35. The topological polar surface area (TPSA) is 46.5 Å². The van der Waals surface area contributed by atoms with E-state index in [9.17, 15) is 9.90 Å². The molecule has 1 aliphatic rings. The Balaban J connectivity index is 2.67. The zero-order valence-electron chi connectivity index (χ0n) is 10.6. The molecule has 1 fully saturated rings. The van der Waals surface area contributed by atoms with Gasteiger partial charge in [-0.25, -0.2) is 0 Å². The molecular formula is C14H17ClO3. The van der Waals surface area contributed by atoms with Crippen molar-refractivity contribution < 1.29 is 14.6 Å². The summed E-state index contributed by atoms with van der Waals surface area (Å²) >= 11 is 6.14. The van der Waals surface area contributed by atoms with E-state index in [0.29, 0.717) is 23.6 Å². The minimum atomic E-state index is -0.833. The highest BCUT2D eigenvalue weighted by molar-refractivity contribution is 6.31. The molecule has 0 spiro atoms. The number of hydrogen-bond acceptors (Lipinski definition) is 2. The Morgan fingerprint density at radius 3 is 2.50 bits per heavy atom. The van der Waals surface area contributed by atoms with E-state index in [1.165, 1.54) is 0 Å². The molecule has 0 saturated heterocycles. The molecule has 1 saturated carbocycles. The number of methoxy groups -OCH3 is 1. The van der Waals surface area contributed by atoms with Crippen LogP contribution in [0.2, 0.25) is 5.02 Å². The molecule has 0 aromatic heterocycles. The number of rotatable bonds is 3. The largest absolute Gasteiger partial charge is 0.496 e. The highest BCUT2D eigenvalue weighted by Crippen LogP contribution is 2.47. The van der Waals surface area contributed by atoms with Crippen molar-refractivity contribution in [3.63, 3.8) is 0 Å². The first-order valence-electron chi connectivity index (χ1n) is 6.10. The normalized spacial score (nSPS) is 17.7. The van der Waals surface area contributed by atoms with Crippen LogP contribution in [0.1, 0.15) is 36.8 Å². The van der Waals surface area contributed by atoms with E-state index >= 15 is 0 Å².